The first kappa shape index (κ1) is 56.9. The van der Waals surface area contributed by atoms with E-state index in [2.05, 4.69) is 10.5 Å². The quantitative estimate of drug-likeness (QED) is 0.0259. The third kappa shape index (κ3) is 10.7. The van der Waals surface area contributed by atoms with Gasteiger partial charge in [-0.2, -0.15) is 5.10 Å². The van der Waals surface area contributed by atoms with E-state index in [4.69, 9.17) is 28.4 Å². The second-order valence-corrected chi connectivity index (χ2v) is 22.7. The molecule has 8 rings (SSSR count). The van der Waals surface area contributed by atoms with E-state index in [9.17, 15) is 34.2 Å². The van der Waals surface area contributed by atoms with Crippen molar-refractivity contribution < 1.29 is 72.2 Å². The van der Waals surface area contributed by atoms with Crippen molar-refractivity contribution in [3.8, 4) is 0 Å². The molecule has 78 heavy (non-hydrogen) atoms. The highest BCUT2D eigenvalue weighted by atomic mass is 16.6. The van der Waals surface area contributed by atoms with Crippen LogP contribution in [0.2, 0.25) is 0 Å². The number of ether oxygens (including phenoxy) is 6. The van der Waals surface area contributed by atoms with E-state index in [-0.39, 0.29) is 53.0 Å². The Labute approximate surface area is 453 Å². The summed E-state index contributed by atoms with van der Waals surface area (Å²) in [6, 6.07) is 31.1. The van der Waals surface area contributed by atoms with Gasteiger partial charge < -0.3 is 44.1 Å². The Morgan fingerprint density at radius 1 is 0.756 bits per heavy atom. The van der Waals surface area contributed by atoms with Crippen molar-refractivity contribution in [2.45, 2.75) is 148 Å². The number of hydrazone groups is 1. The lowest BCUT2D eigenvalue weighted by Crippen LogP contribution is -2.82. The van der Waals surface area contributed by atoms with Gasteiger partial charge >= 0.3 is 29.8 Å². The van der Waals surface area contributed by atoms with Gasteiger partial charge in [-0.1, -0.05) is 105 Å². The third-order valence-electron chi connectivity index (χ3n) is 16.1. The highest BCUT2D eigenvalue weighted by molar-refractivity contribution is 6.00. The maximum atomic E-state index is 15.9. The fraction of sp³-hybridized carbons (Fsp3) is 0.443. The summed E-state index contributed by atoms with van der Waals surface area (Å²) >= 11 is 0. The van der Waals surface area contributed by atoms with Crippen LogP contribution in [0.3, 0.4) is 0 Å². The second kappa shape index (κ2) is 21.8. The number of Topliss-reactive ketones (excluding diaryl/α,β-unsaturated/α-hetero) is 2. The van der Waals surface area contributed by atoms with Crippen molar-refractivity contribution in [1.82, 2.24) is 5.43 Å². The fourth-order valence-electron chi connectivity index (χ4n) is 11.9. The Morgan fingerprint density at radius 2 is 1.32 bits per heavy atom. The van der Waals surface area contributed by atoms with Gasteiger partial charge in [0.25, 0.3) is 0 Å². The number of hydrogen-bond acceptors (Lipinski definition) is 17. The minimum Gasteiger partial charge on any atom is -0.455 e. The molecule has 3 aliphatic carbocycles. The topological polar surface area (TPSA) is 240 Å². The monoisotopic (exact) mass is 1070 g/mol. The average molecular weight is 1070 g/mol. The van der Waals surface area contributed by atoms with Gasteiger partial charge in [0.15, 0.2) is 23.3 Å². The molecule has 17 heteroatoms. The summed E-state index contributed by atoms with van der Waals surface area (Å²) in [6.45, 7) is 15.7. The molecule has 3 unspecified atom stereocenters. The number of nitrogens with zero attached hydrogens (tertiary/aromatic N) is 1. The summed E-state index contributed by atoms with van der Waals surface area (Å²) in [4.78, 5) is 101. The van der Waals surface area contributed by atoms with E-state index in [1.165, 1.54) is 38.1 Å². The molecular weight excluding hydrogens is 1000 g/mol. The maximum absolute atomic E-state index is 15.9. The molecule has 1 saturated heterocycles. The summed E-state index contributed by atoms with van der Waals surface area (Å²) in [5, 5.41) is 30.8. The van der Waals surface area contributed by atoms with Crippen LogP contribution in [-0.4, -0.2) is 117 Å². The molecule has 11 atom stereocenters. The fourth-order valence-corrected chi connectivity index (χ4v) is 11.9. The number of aliphatic hydroxyl groups excluding tert-OH is 1. The molecule has 4 aromatic carbocycles. The number of carbonyl (C=O) groups is 7. The van der Waals surface area contributed by atoms with Crippen LogP contribution in [0.5, 0.6) is 0 Å². The second-order valence-electron chi connectivity index (χ2n) is 22.7. The van der Waals surface area contributed by atoms with Crippen LogP contribution >= 0.6 is 0 Å². The van der Waals surface area contributed by atoms with Gasteiger partial charge in [-0.25, -0.2) is 14.4 Å². The van der Waals surface area contributed by atoms with E-state index in [0.717, 1.165) is 13.8 Å². The molecule has 0 aromatic heterocycles. The number of hydrogen-bond donors (Lipinski definition) is 3. The molecule has 3 N–H and O–H groups in total. The molecule has 1 heterocycles. The number of carbonyl (C=O) groups excluding carboxylic acids is 7. The predicted octanol–water partition coefficient (Wildman–Crippen LogP) is 7.60. The van der Waals surface area contributed by atoms with E-state index in [1.54, 1.807) is 112 Å². The van der Waals surface area contributed by atoms with Crippen LogP contribution in [0.15, 0.2) is 132 Å². The summed E-state index contributed by atoms with van der Waals surface area (Å²) in [5.74, 6) is -8.83. The normalized spacial score (nSPS) is 28.1. The van der Waals surface area contributed by atoms with Crippen LogP contribution in [0.25, 0.3) is 0 Å². The largest absolute Gasteiger partial charge is 0.455 e. The van der Waals surface area contributed by atoms with Crippen LogP contribution in [0, 0.1) is 16.7 Å². The van der Waals surface area contributed by atoms with Gasteiger partial charge in [0.1, 0.15) is 23.9 Å². The standard InChI is InChI=1S/C61H68N2O15/c1-34-45(75-56(71)49(43(39-20-14-11-15-21-39)30-44(66)40-22-16-12-17-23-40)76-54(69)42-28-26-38(27-29-42)35(2)62-63-57(5,6)7)32-61(72)53(77-55(70)41-24-18-13-19-25-41)51-59(10,46(67)31-47-60(51,33-73-47)78-37(4)65)52(68)50(74-36(3)64)48(34)58(61,8)9/h11-29,43,45-47,49-51,53,63,67,72H,30-33H2,1-10H3/b62-35+/t43-,45-,46-,47?,49+,50+,51?,53?,59+,60-,61+/m1/s1. The first-order chi connectivity index (χ1) is 36.7. The number of nitrogens with one attached hydrogen (secondary N) is 1. The average Bonchev–Trinajstić information content (AvgIpc) is 3.40. The van der Waals surface area contributed by atoms with Crippen LogP contribution in [-0.2, 0) is 47.6 Å². The van der Waals surface area contributed by atoms with Crippen LogP contribution < -0.4 is 5.43 Å². The highest BCUT2D eigenvalue weighted by Gasteiger charge is 2.78. The van der Waals surface area contributed by atoms with E-state index in [1.807, 2.05) is 20.8 Å². The van der Waals surface area contributed by atoms with Gasteiger partial charge in [-0.15, -0.1) is 0 Å². The van der Waals surface area contributed by atoms with Gasteiger partial charge in [-0.3, -0.25) is 19.2 Å². The summed E-state index contributed by atoms with van der Waals surface area (Å²) in [5.41, 5.74) is -3.06. The zero-order valence-corrected chi connectivity index (χ0v) is 45.6. The first-order valence-electron chi connectivity index (χ1n) is 26.1. The molecule has 17 nitrogen and oxygen atoms in total. The van der Waals surface area contributed by atoms with E-state index < -0.39 is 113 Å². The lowest BCUT2D eigenvalue weighted by atomic mass is 9.44. The summed E-state index contributed by atoms with van der Waals surface area (Å²) < 4.78 is 37.4. The number of aliphatic hydroxyl groups is 2. The molecule has 4 aromatic rings. The van der Waals surface area contributed by atoms with Crippen molar-refractivity contribution in [3.63, 3.8) is 0 Å². The predicted molar refractivity (Wildman–Crippen MR) is 284 cm³/mol. The lowest BCUT2D eigenvalue weighted by molar-refractivity contribution is -0.346. The zero-order valence-electron chi connectivity index (χ0n) is 45.6. The molecule has 4 aliphatic rings. The minimum atomic E-state index is -2.47. The van der Waals surface area contributed by atoms with Crippen molar-refractivity contribution in [2.24, 2.45) is 21.8 Å². The molecule has 0 spiro atoms. The zero-order chi connectivity index (χ0) is 56.7. The molecule has 3 fully saturated rings. The Morgan fingerprint density at radius 3 is 1.87 bits per heavy atom. The lowest BCUT2D eigenvalue weighted by Gasteiger charge is -2.67. The SMILES string of the molecule is CC(=O)O[C@@H]1C(=O)[C@]2(C)C(C(OC(=O)c3ccccc3)[C@@]3(O)C[C@@H](OC(=O)[C@@H](OC(=O)c4ccc(/C(C)=N/NC(C)(C)C)cc4)[C@H](CC(=O)c4ccccc4)c4ccccc4)C(C)=C1C3(C)C)[C@@]1(OC(C)=O)COC1C[C@H]2O. The number of fused-ring (bicyclic) bond motifs is 5. The van der Waals surface area contributed by atoms with Crippen molar-refractivity contribution in [3.05, 3.63) is 154 Å². The smallest absolute Gasteiger partial charge is 0.348 e. The third-order valence-corrected chi connectivity index (χ3v) is 16.1. The molecule has 1 aliphatic heterocycles. The molecule has 0 radical (unpaired) electrons. The first-order valence-corrected chi connectivity index (χ1v) is 26.1. The number of benzene rings is 4. The van der Waals surface area contributed by atoms with Crippen LogP contribution in [0.1, 0.15) is 137 Å². The van der Waals surface area contributed by atoms with Crippen molar-refractivity contribution >= 4 is 47.1 Å². The van der Waals surface area contributed by atoms with Gasteiger partial charge in [0.05, 0.1) is 40.9 Å². The van der Waals surface area contributed by atoms with E-state index in [0.29, 0.717) is 22.4 Å². The Balaban J connectivity index is 1.29. The van der Waals surface area contributed by atoms with Crippen molar-refractivity contribution in [1.29, 1.82) is 0 Å². The molecule has 412 valence electrons. The maximum Gasteiger partial charge on any atom is 0.348 e. The highest BCUT2D eigenvalue weighted by Crippen LogP contribution is 2.64. The summed E-state index contributed by atoms with van der Waals surface area (Å²) in [7, 11) is 0. The molecular formula is C61H68N2O15. The van der Waals surface area contributed by atoms with Gasteiger partial charge in [0, 0.05) is 55.5 Å². The van der Waals surface area contributed by atoms with Gasteiger partial charge in [0.2, 0.25) is 6.10 Å². The number of esters is 5. The molecule has 2 saturated carbocycles. The van der Waals surface area contributed by atoms with Crippen LogP contribution in [0.4, 0.5) is 0 Å². The summed E-state index contributed by atoms with van der Waals surface area (Å²) in [6.07, 6.45) is -11.1. The Kier molecular flexibility index (Phi) is 15.9. The number of ketones is 2. The van der Waals surface area contributed by atoms with E-state index >= 15 is 9.59 Å². The Bertz CT molecular complexity index is 3020. The van der Waals surface area contributed by atoms with Gasteiger partial charge in [-0.05, 0) is 88.1 Å². The Hall–Kier alpha value is -7.34. The number of rotatable bonds is 15. The van der Waals surface area contributed by atoms with Crippen molar-refractivity contribution in [2.75, 3.05) is 6.61 Å². The molecule has 2 bridgehead atoms. The minimum absolute atomic E-state index is 0.0283. The molecule has 0 amide bonds.